The van der Waals surface area contributed by atoms with Gasteiger partial charge in [0.25, 0.3) is 0 Å². The molecule has 0 saturated heterocycles. The van der Waals surface area contributed by atoms with E-state index in [1.807, 2.05) is 4.90 Å². The zero-order valence-electron chi connectivity index (χ0n) is 15.9. The summed E-state index contributed by atoms with van der Waals surface area (Å²) in [6, 6.07) is 21.2. The zero-order chi connectivity index (χ0) is 19.1. The summed E-state index contributed by atoms with van der Waals surface area (Å²) < 4.78 is 2.25. The third-order valence-electron chi connectivity index (χ3n) is 5.74. The summed E-state index contributed by atoms with van der Waals surface area (Å²) in [5.41, 5.74) is 3.61. The van der Waals surface area contributed by atoms with Gasteiger partial charge in [0.15, 0.2) is 0 Å². The third kappa shape index (κ3) is 2.90. The number of rotatable bonds is 3. The number of hydrogen-bond acceptors (Lipinski definition) is 3. The highest BCUT2D eigenvalue weighted by Crippen LogP contribution is 2.47. The summed E-state index contributed by atoms with van der Waals surface area (Å²) in [6.45, 7) is 4.48. The first-order chi connectivity index (χ1) is 13.7. The van der Waals surface area contributed by atoms with Gasteiger partial charge in [0, 0.05) is 47.7 Å². The maximum Gasteiger partial charge on any atom is 0.224 e. The second-order valence-electron chi connectivity index (χ2n) is 7.33. The third-order valence-corrected chi connectivity index (χ3v) is 6.87. The van der Waals surface area contributed by atoms with Gasteiger partial charge in [-0.15, -0.1) is 0 Å². The Labute approximate surface area is 169 Å². The Morgan fingerprint density at radius 3 is 2.36 bits per heavy atom. The Morgan fingerprint density at radius 2 is 1.64 bits per heavy atom. The molecule has 2 aromatic carbocycles. The summed E-state index contributed by atoms with van der Waals surface area (Å²) in [4.78, 5) is 19.9. The molecule has 0 fully saturated rings. The van der Waals surface area contributed by atoms with Gasteiger partial charge < -0.3 is 14.4 Å². The van der Waals surface area contributed by atoms with E-state index in [0.717, 1.165) is 13.1 Å². The number of carbonyl (C=O) groups is 1. The lowest BCUT2D eigenvalue weighted by molar-refractivity contribution is -0.134. The van der Waals surface area contributed by atoms with Gasteiger partial charge in [0.1, 0.15) is 0 Å². The van der Waals surface area contributed by atoms with Crippen molar-refractivity contribution in [3.8, 4) is 0 Å². The Bertz CT molecular complexity index is 982. The van der Waals surface area contributed by atoms with Gasteiger partial charge in [-0.1, -0.05) is 36.0 Å². The van der Waals surface area contributed by atoms with E-state index >= 15 is 0 Å². The molecule has 3 heterocycles. The van der Waals surface area contributed by atoms with Crippen molar-refractivity contribution < 1.29 is 4.79 Å². The number of hydrogen-bond donors (Lipinski definition) is 0. The van der Waals surface area contributed by atoms with E-state index in [9.17, 15) is 4.79 Å². The predicted molar refractivity (Wildman–Crippen MR) is 113 cm³/mol. The average Bonchev–Trinajstić information content (AvgIpc) is 3.21. The fourth-order valence-corrected chi connectivity index (χ4v) is 5.39. The number of amides is 1. The molecular weight excluding hydrogens is 366 g/mol. The van der Waals surface area contributed by atoms with Crippen LogP contribution in [0.4, 0.5) is 11.4 Å². The first-order valence-corrected chi connectivity index (χ1v) is 10.6. The second-order valence-corrected chi connectivity index (χ2v) is 8.41. The molecule has 5 heteroatoms. The van der Waals surface area contributed by atoms with Crippen LogP contribution in [0.1, 0.15) is 25.1 Å². The average molecular weight is 390 g/mol. The van der Waals surface area contributed by atoms with E-state index in [1.54, 1.807) is 11.8 Å². The smallest absolute Gasteiger partial charge is 0.224 e. The van der Waals surface area contributed by atoms with Crippen LogP contribution in [0, 0.1) is 0 Å². The molecule has 1 atom stereocenters. The molecular formula is C23H23N3OS. The molecule has 0 N–H and O–H groups in total. The zero-order valence-corrected chi connectivity index (χ0v) is 16.7. The summed E-state index contributed by atoms with van der Waals surface area (Å²) >= 11 is 1.80. The SMILES string of the molecule is CC1c2cccn2CCN1C(=O)CCN1c2ccccc2Sc2ccccc21. The molecule has 4 nitrogen and oxygen atoms in total. The van der Waals surface area contributed by atoms with Gasteiger partial charge in [0.2, 0.25) is 5.91 Å². The molecule has 2 aliphatic rings. The summed E-state index contributed by atoms with van der Waals surface area (Å²) in [5.74, 6) is 0.230. The molecule has 3 aromatic rings. The highest BCUT2D eigenvalue weighted by Gasteiger charge is 2.29. The van der Waals surface area contributed by atoms with Crippen LogP contribution < -0.4 is 4.90 Å². The summed E-state index contributed by atoms with van der Waals surface area (Å²) in [6.07, 6.45) is 2.62. The van der Waals surface area contributed by atoms with Crippen molar-refractivity contribution in [3.63, 3.8) is 0 Å². The van der Waals surface area contributed by atoms with Crippen LogP contribution in [0.15, 0.2) is 76.7 Å². The largest absolute Gasteiger partial charge is 0.348 e. The van der Waals surface area contributed by atoms with Gasteiger partial charge in [-0.2, -0.15) is 0 Å². The van der Waals surface area contributed by atoms with Crippen LogP contribution in [0.25, 0.3) is 0 Å². The van der Waals surface area contributed by atoms with Crippen LogP contribution >= 0.6 is 11.8 Å². The van der Waals surface area contributed by atoms with Crippen LogP contribution in [0.2, 0.25) is 0 Å². The lowest BCUT2D eigenvalue weighted by Crippen LogP contribution is -2.41. The Hall–Kier alpha value is -2.66. The van der Waals surface area contributed by atoms with Gasteiger partial charge in [-0.3, -0.25) is 4.79 Å². The normalized spacial score (nSPS) is 17.7. The lowest BCUT2D eigenvalue weighted by Gasteiger charge is -2.36. The number of para-hydroxylation sites is 2. The monoisotopic (exact) mass is 389 g/mol. The number of carbonyl (C=O) groups excluding carboxylic acids is 1. The highest BCUT2D eigenvalue weighted by molar-refractivity contribution is 7.99. The van der Waals surface area contributed by atoms with Crippen molar-refractivity contribution in [2.45, 2.75) is 35.7 Å². The molecule has 1 aromatic heterocycles. The summed E-state index contributed by atoms with van der Waals surface area (Å²) in [5, 5.41) is 0. The van der Waals surface area contributed by atoms with Gasteiger partial charge >= 0.3 is 0 Å². The van der Waals surface area contributed by atoms with Crippen molar-refractivity contribution >= 4 is 29.0 Å². The van der Waals surface area contributed by atoms with E-state index in [1.165, 1.54) is 26.9 Å². The van der Waals surface area contributed by atoms with Crippen LogP contribution in [-0.2, 0) is 11.3 Å². The molecule has 0 bridgehead atoms. The minimum Gasteiger partial charge on any atom is -0.348 e. The Morgan fingerprint density at radius 1 is 0.964 bits per heavy atom. The van der Waals surface area contributed by atoms with Crippen molar-refractivity contribution in [2.24, 2.45) is 0 Å². The Balaban J connectivity index is 1.37. The summed E-state index contributed by atoms with van der Waals surface area (Å²) in [7, 11) is 0. The van der Waals surface area contributed by atoms with Crippen molar-refractivity contribution in [3.05, 3.63) is 72.6 Å². The number of aromatic nitrogens is 1. The highest BCUT2D eigenvalue weighted by atomic mass is 32.2. The fraction of sp³-hybridized carbons (Fsp3) is 0.261. The van der Waals surface area contributed by atoms with Crippen molar-refractivity contribution in [1.29, 1.82) is 0 Å². The topological polar surface area (TPSA) is 28.5 Å². The predicted octanol–water partition coefficient (Wildman–Crippen LogP) is 5.08. The molecule has 1 unspecified atom stereocenters. The minimum absolute atomic E-state index is 0.132. The maximum atomic E-state index is 13.1. The molecule has 2 aliphatic heterocycles. The van der Waals surface area contributed by atoms with Gasteiger partial charge in [-0.05, 0) is 43.3 Å². The number of anilines is 2. The van der Waals surface area contributed by atoms with Crippen LogP contribution in [0.3, 0.4) is 0 Å². The van der Waals surface area contributed by atoms with E-state index in [0.29, 0.717) is 13.0 Å². The Kier molecular flexibility index (Phi) is 4.40. The molecule has 5 rings (SSSR count). The first-order valence-electron chi connectivity index (χ1n) is 9.80. The van der Waals surface area contributed by atoms with Crippen LogP contribution in [-0.4, -0.2) is 28.5 Å². The minimum atomic E-state index is 0.132. The van der Waals surface area contributed by atoms with E-state index in [-0.39, 0.29) is 11.9 Å². The molecule has 0 saturated carbocycles. The first kappa shape index (κ1) is 17.4. The quantitative estimate of drug-likeness (QED) is 0.625. The standard InChI is InChI=1S/C23H23N3OS/c1-17-18-9-6-13-24(18)15-16-25(17)23(27)12-14-26-19-7-2-4-10-21(19)28-22-11-5-3-8-20(22)26/h2-11,13,17H,12,14-16H2,1H3. The fourth-order valence-electron chi connectivity index (χ4n) is 4.29. The maximum absolute atomic E-state index is 13.1. The molecule has 0 spiro atoms. The molecule has 0 radical (unpaired) electrons. The number of nitrogens with zero attached hydrogens (tertiary/aromatic N) is 3. The molecule has 1 amide bonds. The van der Waals surface area contributed by atoms with Gasteiger partial charge in [-0.25, -0.2) is 0 Å². The number of fused-ring (bicyclic) bond motifs is 3. The second kappa shape index (κ2) is 7.06. The van der Waals surface area contributed by atoms with Crippen molar-refractivity contribution in [2.75, 3.05) is 18.0 Å². The van der Waals surface area contributed by atoms with Gasteiger partial charge in [0.05, 0.1) is 17.4 Å². The number of benzene rings is 2. The van der Waals surface area contributed by atoms with Crippen LogP contribution in [0.5, 0.6) is 0 Å². The lowest BCUT2D eigenvalue weighted by atomic mass is 10.1. The van der Waals surface area contributed by atoms with E-state index in [4.69, 9.17) is 0 Å². The molecule has 142 valence electrons. The molecule has 0 aliphatic carbocycles. The van der Waals surface area contributed by atoms with E-state index < -0.39 is 0 Å². The van der Waals surface area contributed by atoms with E-state index in [2.05, 4.69) is 83.3 Å². The molecule has 28 heavy (non-hydrogen) atoms. The van der Waals surface area contributed by atoms with Crippen molar-refractivity contribution in [1.82, 2.24) is 9.47 Å².